The van der Waals surface area contributed by atoms with E-state index in [9.17, 15) is 5.11 Å². The van der Waals surface area contributed by atoms with Crippen LogP contribution in [0.25, 0.3) is 11.3 Å². The summed E-state index contributed by atoms with van der Waals surface area (Å²) in [6.07, 6.45) is 4.42. The summed E-state index contributed by atoms with van der Waals surface area (Å²) in [4.78, 5) is 3.97. The fourth-order valence-electron chi connectivity index (χ4n) is 1.65. The molecule has 0 aliphatic rings. The largest absolute Gasteiger partial charge is 0.390 e. The van der Waals surface area contributed by atoms with Crippen molar-refractivity contribution in [2.24, 2.45) is 0 Å². The van der Waals surface area contributed by atoms with Gasteiger partial charge in [0.15, 0.2) is 0 Å². The first kappa shape index (κ1) is 10.8. The highest BCUT2D eigenvalue weighted by Gasteiger charge is 2.13. The summed E-state index contributed by atoms with van der Waals surface area (Å²) in [5.41, 5.74) is 2.48. The topological polar surface area (TPSA) is 63.8 Å². The van der Waals surface area contributed by atoms with Gasteiger partial charge in [-0.15, -0.1) is 5.10 Å². The molecule has 0 saturated heterocycles. The molecule has 0 fully saturated rings. The molecule has 0 saturated carbocycles. The third-order valence-electron chi connectivity index (χ3n) is 2.34. The molecule has 1 N–H and O–H groups in total. The van der Waals surface area contributed by atoms with Crippen molar-refractivity contribution < 1.29 is 5.11 Å². The Bertz CT molecular complexity index is 452. The van der Waals surface area contributed by atoms with Gasteiger partial charge in [-0.25, -0.2) is 4.68 Å². The molecule has 5 heteroatoms. The Labute approximate surface area is 93.8 Å². The normalized spacial score (nSPS) is 10.6. The number of pyridine rings is 1. The van der Waals surface area contributed by atoms with E-state index in [-0.39, 0.29) is 6.61 Å². The number of aromatic nitrogens is 4. The van der Waals surface area contributed by atoms with E-state index in [0.717, 1.165) is 24.2 Å². The van der Waals surface area contributed by atoms with Crippen LogP contribution in [-0.4, -0.2) is 25.1 Å². The maximum absolute atomic E-state index is 9.23. The monoisotopic (exact) mass is 218 g/mol. The molecule has 0 radical (unpaired) electrons. The van der Waals surface area contributed by atoms with Gasteiger partial charge >= 0.3 is 0 Å². The number of aliphatic hydroxyl groups excluding tert-OH is 1. The van der Waals surface area contributed by atoms with Crippen molar-refractivity contribution in [1.82, 2.24) is 20.0 Å². The zero-order chi connectivity index (χ0) is 11.4. The summed E-state index contributed by atoms with van der Waals surface area (Å²) < 4.78 is 1.82. The van der Waals surface area contributed by atoms with Crippen LogP contribution in [0.3, 0.4) is 0 Å². The Morgan fingerprint density at radius 2 is 2.06 bits per heavy atom. The van der Waals surface area contributed by atoms with E-state index in [4.69, 9.17) is 0 Å². The first-order chi connectivity index (χ1) is 7.86. The molecular weight excluding hydrogens is 204 g/mol. The third kappa shape index (κ3) is 1.94. The van der Waals surface area contributed by atoms with Crippen molar-refractivity contribution in [2.45, 2.75) is 26.5 Å². The van der Waals surface area contributed by atoms with Gasteiger partial charge < -0.3 is 5.11 Å². The molecule has 0 aliphatic carbocycles. The first-order valence-corrected chi connectivity index (χ1v) is 5.30. The van der Waals surface area contributed by atoms with Gasteiger partial charge in [0.25, 0.3) is 0 Å². The maximum atomic E-state index is 9.23. The standard InChI is InChI=1S/C11H14N4O/c1-2-7-15-11(10(8-16)13-14-15)9-3-5-12-6-4-9/h3-6,16H,2,7-8H2,1H3. The third-order valence-corrected chi connectivity index (χ3v) is 2.34. The van der Waals surface area contributed by atoms with Crippen LogP contribution < -0.4 is 0 Å². The minimum absolute atomic E-state index is 0.0959. The second kappa shape index (κ2) is 4.85. The lowest BCUT2D eigenvalue weighted by Gasteiger charge is -2.05. The molecule has 0 amide bonds. The summed E-state index contributed by atoms with van der Waals surface area (Å²) in [7, 11) is 0. The van der Waals surface area contributed by atoms with E-state index in [1.807, 2.05) is 16.8 Å². The number of hydrogen-bond acceptors (Lipinski definition) is 4. The van der Waals surface area contributed by atoms with E-state index >= 15 is 0 Å². The number of aryl methyl sites for hydroxylation is 1. The molecule has 0 bridgehead atoms. The van der Waals surface area contributed by atoms with Gasteiger partial charge in [-0.3, -0.25) is 4.98 Å². The van der Waals surface area contributed by atoms with Gasteiger partial charge in [0.2, 0.25) is 0 Å². The minimum Gasteiger partial charge on any atom is -0.390 e. The van der Waals surface area contributed by atoms with Crippen LogP contribution in [-0.2, 0) is 13.2 Å². The average Bonchev–Trinajstić information content (AvgIpc) is 2.74. The van der Waals surface area contributed by atoms with E-state index in [1.165, 1.54) is 0 Å². The van der Waals surface area contributed by atoms with Gasteiger partial charge in [-0.1, -0.05) is 12.1 Å². The second-order valence-corrected chi connectivity index (χ2v) is 3.50. The molecule has 0 spiro atoms. The molecule has 2 rings (SSSR count). The highest BCUT2D eigenvalue weighted by molar-refractivity contribution is 5.60. The summed E-state index contributed by atoms with van der Waals surface area (Å²) in [6.45, 7) is 2.78. The number of rotatable bonds is 4. The van der Waals surface area contributed by atoms with Crippen LogP contribution in [0.15, 0.2) is 24.5 Å². The molecule has 84 valence electrons. The molecule has 16 heavy (non-hydrogen) atoms. The zero-order valence-corrected chi connectivity index (χ0v) is 9.17. The predicted octanol–water partition coefficient (Wildman–Crippen LogP) is 1.24. The highest BCUT2D eigenvalue weighted by atomic mass is 16.3. The fourth-order valence-corrected chi connectivity index (χ4v) is 1.65. The fraction of sp³-hybridized carbons (Fsp3) is 0.364. The average molecular weight is 218 g/mol. The van der Waals surface area contributed by atoms with Crippen molar-refractivity contribution in [3.05, 3.63) is 30.2 Å². The molecule has 0 aromatic carbocycles. The molecule has 0 unspecified atom stereocenters. The van der Waals surface area contributed by atoms with Crippen LogP contribution in [0.1, 0.15) is 19.0 Å². The van der Waals surface area contributed by atoms with Gasteiger partial charge in [-0.2, -0.15) is 0 Å². The summed E-state index contributed by atoms with van der Waals surface area (Å²) in [5, 5.41) is 17.2. The van der Waals surface area contributed by atoms with Crippen molar-refractivity contribution >= 4 is 0 Å². The summed E-state index contributed by atoms with van der Waals surface area (Å²) in [6, 6.07) is 3.79. The molecule has 2 aromatic rings. The lowest BCUT2D eigenvalue weighted by atomic mass is 10.1. The van der Waals surface area contributed by atoms with Crippen LogP contribution in [0.4, 0.5) is 0 Å². The molecular formula is C11H14N4O. The van der Waals surface area contributed by atoms with Crippen LogP contribution >= 0.6 is 0 Å². The maximum Gasteiger partial charge on any atom is 0.116 e. The molecule has 5 nitrogen and oxygen atoms in total. The van der Waals surface area contributed by atoms with Crippen molar-refractivity contribution in [3.63, 3.8) is 0 Å². The van der Waals surface area contributed by atoms with Crippen molar-refractivity contribution in [1.29, 1.82) is 0 Å². The summed E-state index contributed by atoms with van der Waals surface area (Å²) >= 11 is 0. The van der Waals surface area contributed by atoms with Crippen LogP contribution in [0, 0.1) is 0 Å². The van der Waals surface area contributed by atoms with Crippen molar-refractivity contribution in [2.75, 3.05) is 0 Å². The van der Waals surface area contributed by atoms with E-state index in [2.05, 4.69) is 22.2 Å². The Kier molecular flexibility index (Phi) is 3.26. The van der Waals surface area contributed by atoms with Gasteiger partial charge in [0.1, 0.15) is 5.69 Å². The molecule has 0 aliphatic heterocycles. The van der Waals surface area contributed by atoms with Gasteiger partial charge in [0, 0.05) is 24.5 Å². The molecule has 2 aromatic heterocycles. The lowest BCUT2D eigenvalue weighted by Crippen LogP contribution is -2.02. The molecule has 0 atom stereocenters. The SMILES string of the molecule is CCCn1nnc(CO)c1-c1ccncc1. The predicted molar refractivity (Wildman–Crippen MR) is 59.5 cm³/mol. The molecule has 2 heterocycles. The minimum atomic E-state index is -0.0959. The smallest absolute Gasteiger partial charge is 0.116 e. The summed E-state index contributed by atoms with van der Waals surface area (Å²) in [5.74, 6) is 0. The van der Waals surface area contributed by atoms with E-state index in [1.54, 1.807) is 12.4 Å². The Balaban J connectivity index is 2.48. The van der Waals surface area contributed by atoms with Crippen molar-refractivity contribution in [3.8, 4) is 11.3 Å². The van der Waals surface area contributed by atoms with Gasteiger partial charge in [0.05, 0.1) is 12.3 Å². The Morgan fingerprint density at radius 1 is 1.31 bits per heavy atom. The van der Waals surface area contributed by atoms with E-state index < -0.39 is 0 Å². The Morgan fingerprint density at radius 3 is 2.69 bits per heavy atom. The zero-order valence-electron chi connectivity index (χ0n) is 9.17. The number of nitrogens with zero attached hydrogens (tertiary/aromatic N) is 4. The van der Waals surface area contributed by atoms with Crippen LogP contribution in [0.5, 0.6) is 0 Å². The van der Waals surface area contributed by atoms with Crippen LogP contribution in [0.2, 0.25) is 0 Å². The highest BCUT2D eigenvalue weighted by Crippen LogP contribution is 2.21. The van der Waals surface area contributed by atoms with Gasteiger partial charge in [-0.05, 0) is 18.6 Å². The number of aliphatic hydroxyl groups is 1. The van der Waals surface area contributed by atoms with E-state index in [0.29, 0.717) is 5.69 Å². The lowest BCUT2D eigenvalue weighted by molar-refractivity contribution is 0.277. The quantitative estimate of drug-likeness (QED) is 0.838. The second-order valence-electron chi connectivity index (χ2n) is 3.50. The number of hydrogen-bond donors (Lipinski definition) is 1. The Hall–Kier alpha value is -1.75. The first-order valence-electron chi connectivity index (χ1n) is 5.30.